The highest BCUT2D eigenvalue weighted by Crippen LogP contribution is 2.31. The molecule has 2 aromatic rings. The molecule has 6 heteroatoms. The van der Waals surface area contributed by atoms with Gasteiger partial charge in [-0.1, -0.05) is 30.3 Å². The van der Waals surface area contributed by atoms with E-state index >= 15 is 0 Å². The van der Waals surface area contributed by atoms with Crippen LogP contribution in [0.5, 0.6) is 0 Å². The van der Waals surface area contributed by atoms with Gasteiger partial charge in [-0.2, -0.15) is 16.9 Å². The quantitative estimate of drug-likeness (QED) is 0.690. The first-order valence-corrected chi connectivity index (χ1v) is 9.10. The smallest absolute Gasteiger partial charge is 0.243 e. The zero-order valence-corrected chi connectivity index (χ0v) is 13.6. The van der Waals surface area contributed by atoms with E-state index in [-0.39, 0.29) is 22.6 Å². The molecule has 0 saturated carbocycles. The number of hydrogen-bond acceptors (Lipinski definition) is 4. The minimum atomic E-state index is -3.61. The topological polar surface area (TPSA) is 54.5 Å². The molecule has 1 saturated heterocycles. The van der Waals surface area contributed by atoms with Crippen LogP contribution in [-0.4, -0.2) is 36.8 Å². The summed E-state index contributed by atoms with van der Waals surface area (Å²) in [5.74, 6) is 0. The van der Waals surface area contributed by atoms with Crippen LogP contribution in [0, 0.1) is 0 Å². The van der Waals surface area contributed by atoms with E-state index in [4.69, 9.17) is 0 Å². The zero-order chi connectivity index (χ0) is 15.7. The fourth-order valence-corrected chi connectivity index (χ4v) is 5.20. The van der Waals surface area contributed by atoms with Gasteiger partial charge in [-0.25, -0.2) is 8.42 Å². The Bertz CT molecular complexity index is 804. The molecule has 1 aliphatic heterocycles. The van der Waals surface area contributed by atoms with Crippen LogP contribution in [0.1, 0.15) is 12.8 Å². The number of fused-ring (bicyclic) bond motifs is 1. The van der Waals surface area contributed by atoms with Crippen LogP contribution in [0.25, 0.3) is 10.8 Å². The van der Waals surface area contributed by atoms with Crippen LogP contribution in [0.4, 0.5) is 0 Å². The molecule has 0 unspecified atom stereocenters. The van der Waals surface area contributed by atoms with Crippen molar-refractivity contribution in [1.82, 2.24) is 4.31 Å². The highest BCUT2D eigenvalue weighted by atomic mass is 32.2. The summed E-state index contributed by atoms with van der Waals surface area (Å²) >= 11 is 4.39. The number of carbonyl (C=O) groups excluding carboxylic acids is 1. The number of carbonyl (C=O) groups is 1. The van der Waals surface area contributed by atoms with Crippen LogP contribution in [0.15, 0.2) is 47.4 Å². The van der Waals surface area contributed by atoms with Crippen molar-refractivity contribution in [2.75, 3.05) is 6.54 Å². The third-order valence-electron chi connectivity index (χ3n) is 4.04. The predicted molar refractivity (Wildman–Crippen MR) is 89.7 cm³/mol. The molecule has 1 heterocycles. The maximum Gasteiger partial charge on any atom is 0.243 e. The molecule has 0 radical (unpaired) electrons. The second-order valence-corrected chi connectivity index (χ2v) is 8.15. The van der Waals surface area contributed by atoms with Crippen LogP contribution >= 0.6 is 12.6 Å². The summed E-state index contributed by atoms with van der Waals surface area (Å²) < 4.78 is 27.2. The van der Waals surface area contributed by atoms with Crippen LogP contribution in [0.3, 0.4) is 0 Å². The van der Waals surface area contributed by atoms with Crippen molar-refractivity contribution in [1.29, 1.82) is 0 Å². The molecule has 116 valence electrons. The highest BCUT2D eigenvalue weighted by molar-refractivity contribution is 7.89. The summed E-state index contributed by atoms with van der Waals surface area (Å²) in [6.07, 6.45) is 1.60. The van der Waals surface area contributed by atoms with E-state index < -0.39 is 10.0 Å². The van der Waals surface area contributed by atoms with Crippen molar-refractivity contribution in [3.05, 3.63) is 42.5 Å². The van der Waals surface area contributed by atoms with E-state index in [1.54, 1.807) is 12.1 Å². The van der Waals surface area contributed by atoms with Gasteiger partial charge in [0.25, 0.3) is 0 Å². The molecule has 2 aromatic carbocycles. The fraction of sp³-hybridized carbons (Fsp3) is 0.312. The van der Waals surface area contributed by atoms with E-state index in [0.29, 0.717) is 13.0 Å². The van der Waals surface area contributed by atoms with Gasteiger partial charge in [0.1, 0.15) is 6.29 Å². The predicted octanol–water partition coefficient (Wildman–Crippen LogP) is 2.49. The molecule has 0 aromatic heterocycles. The number of rotatable bonds is 4. The summed E-state index contributed by atoms with van der Waals surface area (Å²) in [6.45, 7) is 0.344. The number of hydrogen-bond donors (Lipinski definition) is 1. The normalized spacial score (nSPS) is 23.0. The molecule has 0 spiro atoms. The number of sulfonamides is 1. The molecule has 1 fully saturated rings. The van der Waals surface area contributed by atoms with Gasteiger partial charge < -0.3 is 4.79 Å². The van der Waals surface area contributed by atoms with Gasteiger partial charge in [0.15, 0.2) is 0 Å². The third-order valence-corrected chi connectivity index (χ3v) is 6.33. The monoisotopic (exact) mass is 335 g/mol. The first-order chi connectivity index (χ1) is 10.5. The van der Waals surface area contributed by atoms with Gasteiger partial charge in [0.05, 0.1) is 4.90 Å². The van der Waals surface area contributed by atoms with Gasteiger partial charge >= 0.3 is 0 Å². The molecule has 0 aliphatic carbocycles. The third kappa shape index (κ3) is 2.78. The Morgan fingerprint density at radius 3 is 2.64 bits per heavy atom. The van der Waals surface area contributed by atoms with Gasteiger partial charge in [0.2, 0.25) is 10.0 Å². The van der Waals surface area contributed by atoms with E-state index in [0.717, 1.165) is 17.1 Å². The highest BCUT2D eigenvalue weighted by Gasteiger charge is 2.38. The second-order valence-electron chi connectivity index (χ2n) is 5.53. The van der Waals surface area contributed by atoms with Crippen molar-refractivity contribution in [2.45, 2.75) is 29.0 Å². The molecular formula is C16H17NO3S2. The molecule has 1 aliphatic rings. The van der Waals surface area contributed by atoms with E-state index in [1.165, 1.54) is 4.31 Å². The van der Waals surface area contributed by atoms with Gasteiger partial charge in [-0.15, -0.1) is 0 Å². The number of aldehydes is 1. The lowest BCUT2D eigenvalue weighted by Crippen LogP contribution is -2.36. The molecular weight excluding hydrogens is 318 g/mol. The van der Waals surface area contributed by atoms with Crippen LogP contribution < -0.4 is 0 Å². The summed E-state index contributed by atoms with van der Waals surface area (Å²) in [5.41, 5.74) is 0. The average Bonchev–Trinajstić information content (AvgIpc) is 2.88. The van der Waals surface area contributed by atoms with E-state index in [1.807, 2.05) is 30.3 Å². The van der Waals surface area contributed by atoms with Gasteiger partial charge in [-0.05, 0) is 29.3 Å². The largest absolute Gasteiger partial charge is 0.303 e. The molecule has 3 rings (SSSR count). The van der Waals surface area contributed by atoms with E-state index in [9.17, 15) is 13.2 Å². The molecule has 0 bridgehead atoms. The number of benzene rings is 2. The molecule has 0 amide bonds. The van der Waals surface area contributed by atoms with Crippen molar-refractivity contribution >= 4 is 39.7 Å². The molecule has 0 N–H and O–H groups in total. The first kappa shape index (κ1) is 15.5. The van der Waals surface area contributed by atoms with Crippen molar-refractivity contribution < 1.29 is 13.2 Å². The minimum Gasteiger partial charge on any atom is -0.303 e. The standard InChI is InChI=1S/C16H17NO3S2/c18-8-7-14-10-15(21)11-17(14)22(19,20)16-6-5-12-3-1-2-4-13(12)9-16/h1-6,8-9,14-15,21H,7,10-11H2/t14-,15+/m0/s1. The zero-order valence-electron chi connectivity index (χ0n) is 11.9. The summed E-state index contributed by atoms with van der Waals surface area (Å²) in [6, 6.07) is 12.5. The maximum absolute atomic E-state index is 12.9. The lowest BCUT2D eigenvalue weighted by atomic mass is 10.1. The minimum absolute atomic E-state index is 0.0276. The van der Waals surface area contributed by atoms with Crippen molar-refractivity contribution in [2.24, 2.45) is 0 Å². The maximum atomic E-state index is 12.9. The molecule has 4 nitrogen and oxygen atoms in total. The Kier molecular flexibility index (Phi) is 4.25. The van der Waals surface area contributed by atoms with Gasteiger partial charge in [-0.3, -0.25) is 0 Å². The number of nitrogens with zero attached hydrogens (tertiary/aromatic N) is 1. The molecule has 22 heavy (non-hydrogen) atoms. The lowest BCUT2D eigenvalue weighted by molar-refractivity contribution is -0.108. The van der Waals surface area contributed by atoms with Gasteiger partial charge in [0, 0.05) is 24.3 Å². The molecule has 2 atom stereocenters. The summed E-state index contributed by atoms with van der Waals surface area (Å²) in [5, 5.41) is 1.86. The first-order valence-electron chi connectivity index (χ1n) is 7.14. The summed E-state index contributed by atoms with van der Waals surface area (Å²) in [4.78, 5) is 11.1. The Labute approximate surface area is 135 Å². The average molecular weight is 335 g/mol. The number of thiol groups is 1. The van der Waals surface area contributed by atoms with Crippen LogP contribution in [-0.2, 0) is 14.8 Å². The lowest BCUT2D eigenvalue weighted by Gasteiger charge is -2.22. The fourth-order valence-electron chi connectivity index (χ4n) is 2.95. The Morgan fingerprint density at radius 2 is 1.91 bits per heavy atom. The Morgan fingerprint density at radius 1 is 1.18 bits per heavy atom. The Balaban J connectivity index is 2.01. The van der Waals surface area contributed by atoms with Crippen molar-refractivity contribution in [3.63, 3.8) is 0 Å². The van der Waals surface area contributed by atoms with Crippen LogP contribution in [0.2, 0.25) is 0 Å². The summed E-state index contributed by atoms with van der Waals surface area (Å²) in [7, 11) is -3.61. The Hall–Kier alpha value is -1.37. The van der Waals surface area contributed by atoms with E-state index in [2.05, 4.69) is 12.6 Å². The van der Waals surface area contributed by atoms with Crippen molar-refractivity contribution in [3.8, 4) is 0 Å². The SMILES string of the molecule is O=CC[C@H]1C[C@@H](S)CN1S(=O)(=O)c1ccc2ccccc2c1. The second kappa shape index (κ2) is 6.02.